The lowest BCUT2D eigenvalue weighted by atomic mass is 10.0. The third-order valence-corrected chi connectivity index (χ3v) is 4.01. The van der Waals surface area contributed by atoms with Crippen LogP contribution in [0.5, 0.6) is 5.75 Å². The fourth-order valence-electron chi connectivity index (χ4n) is 2.66. The molecule has 3 rings (SSSR count). The largest absolute Gasteiger partial charge is 0.495 e. The summed E-state index contributed by atoms with van der Waals surface area (Å²) in [6, 6.07) is 19.0. The first-order valence-electron chi connectivity index (χ1n) is 8.49. The van der Waals surface area contributed by atoms with Gasteiger partial charge in [-0.1, -0.05) is 42.5 Å². The van der Waals surface area contributed by atoms with E-state index in [1.165, 1.54) is 13.4 Å². The van der Waals surface area contributed by atoms with E-state index in [1.54, 1.807) is 30.3 Å². The highest BCUT2D eigenvalue weighted by atomic mass is 16.5. The van der Waals surface area contributed by atoms with Crippen LogP contribution in [-0.4, -0.2) is 25.0 Å². The molecule has 0 aliphatic rings. The van der Waals surface area contributed by atoms with Gasteiger partial charge >= 0.3 is 0 Å². The van der Waals surface area contributed by atoms with Crippen molar-refractivity contribution in [1.29, 1.82) is 0 Å². The minimum absolute atomic E-state index is 0.151. The van der Waals surface area contributed by atoms with Crippen molar-refractivity contribution in [1.82, 2.24) is 5.32 Å². The normalized spacial score (nSPS) is 11.4. The van der Waals surface area contributed by atoms with Crippen molar-refractivity contribution >= 4 is 17.5 Å². The Morgan fingerprint density at radius 1 is 1.00 bits per heavy atom. The summed E-state index contributed by atoms with van der Waals surface area (Å²) in [6.07, 6.45) is 1.75. The summed E-state index contributed by atoms with van der Waals surface area (Å²) in [5.41, 5.74) is 1.47. The Bertz CT molecular complexity index is 892. The van der Waals surface area contributed by atoms with Crippen LogP contribution in [0.25, 0.3) is 0 Å². The van der Waals surface area contributed by atoms with Gasteiger partial charge in [-0.3, -0.25) is 9.59 Å². The number of carbonyl (C=O) groups is 2. The maximum atomic E-state index is 12.9. The Labute approximate surface area is 157 Å². The lowest BCUT2D eigenvalue weighted by molar-refractivity contribution is -0.118. The van der Waals surface area contributed by atoms with E-state index in [9.17, 15) is 9.59 Å². The summed E-state index contributed by atoms with van der Waals surface area (Å²) in [7, 11) is 1.53. The standard InChI is InChI=1S/C21H20N2O4/c1-26-18-11-6-5-10-16(18)22-20(24)17(14-15-8-3-2-4-9-15)23-21(25)19-12-7-13-27-19/h2-13,17H,14H2,1H3,(H,22,24)(H,23,25)/t17-/m0/s1. The number of methoxy groups -OCH3 is 1. The van der Waals surface area contributed by atoms with Crippen molar-refractivity contribution in [3.05, 3.63) is 84.3 Å². The van der Waals surface area contributed by atoms with E-state index >= 15 is 0 Å². The minimum atomic E-state index is -0.782. The number of carbonyl (C=O) groups excluding carboxylic acids is 2. The third kappa shape index (κ3) is 4.76. The van der Waals surface area contributed by atoms with Crippen molar-refractivity contribution < 1.29 is 18.7 Å². The molecule has 0 aliphatic heterocycles. The zero-order chi connectivity index (χ0) is 19.1. The molecule has 27 heavy (non-hydrogen) atoms. The second-order valence-corrected chi connectivity index (χ2v) is 5.88. The Morgan fingerprint density at radius 3 is 2.44 bits per heavy atom. The summed E-state index contributed by atoms with van der Waals surface area (Å²) in [4.78, 5) is 25.3. The molecule has 6 nitrogen and oxygen atoms in total. The molecule has 0 radical (unpaired) electrons. The molecule has 0 fully saturated rings. The van der Waals surface area contributed by atoms with Gasteiger partial charge in [0.25, 0.3) is 5.91 Å². The topological polar surface area (TPSA) is 80.6 Å². The van der Waals surface area contributed by atoms with Gasteiger partial charge in [0.05, 0.1) is 19.1 Å². The van der Waals surface area contributed by atoms with Crippen molar-refractivity contribution in [2.24, 2.45) is 0 Å². The first kappa shape index (κ1) is 18.3. The van der Waals surface area contributed by atoms with Gasteiger partial charge in [0.2, 0.25) is 5.91 Å². The first-order valence-corrected chi connectivity index (χ1v) is 8.49. The monoisotopic (exact) mass is 364 g/mol. The van der Waals surface area contributed by atoms with Crippen LogP contribution in [0.2, 0.25) is 0 Å². The highest BCUT2D eigenvalue weighted by Gasteiger charge is 2.24. The molecular weight excluding hydrogens is 344 g/mol. The lowest BCUT2D eigenvalue weighted by Gasteiger charge is -2.19. The molecule has 0 bridgehead atoms. The van der Waals surface area contributed by atoms with Gasteiger partial charge in [0, 0.05) is 6.42 Å². The molecule has 0 saturated carbocycles. The number of benzene rings is 2. The second-order valence-electron chi connectivity index (χ2n) is 5.88. The summed E-state index contributed by atoms with van der Waals surface area (Å²) < 4.78 is 10.4. The van der Waals surface area contributed by atoms with E-state index in [0.29, 0.717) is 17.9 Å². The molecule has 1 heterocycles. The van der Waals surface area contributed by atoms with Gasteiger partial charge in [0.15, 0.2) is 5.76 Å². The summed E-state index contributed by atoms with van der Waals surface area (Å²) in [5.74, 6) is -0.0980. The molecule has 2 aromatic carbocycles. The minimum Gasteiger partial charge on any atom is -0.495 e. The number of furan rings is 1. The van der Waals surface area contributed by atoms with Crippen LogP contribution in [0.1, 0.15) is 16.1 Å². The highest BCUT2D eigenvalue weighted by molar-refractivity contribution is 6.00. The number of rotatable bonds is 7. The molecule has 0 aliphatic carbocycles. The van der Waals surface area contributed by atoms with Crippen LogP contribution in [0, 0.1) is 0 Å². The SMILES string of the molecule is COc1ccccc1NC(=O)[C@H](Cc1ccccc1)NC(=O)c1ccco1. The van der Waals surface area contributed by atoms with Crippen LogP contribution < -0.4 is 15.4 Å². The summed E-state index contributed by atoms with van der Waals surface area (Å²) in [5, 5.41) is 5.56. The zero-order valence-electron chi connectivity index (χ0n) is 14.8. The molecule has 1 aromatic heterocycles. The number of nitrogens with one attached hydrogen (secondary N) is 2. The highest BCUT2D eigenvalue weighted by Crippen LogP contribution is 2.23. The van der Waals surface area contributed by atoms with Gasteiger partial charge in [-0.2, -0.15) is 0 Å². The fraction of sp³-hybridized carbons (Fsp3) is 0.143. The molecule has 138 valence electrons. The van der Waals surface area contributed by atoms with E-state index in [-0.39, 0.29) is 11.7 Å². The Kier molecular flexibility index (Phi) is 5.89. The smallest absolute Gasteiger partial charge is 0.287 e. The molecular formula is C21H20N2O4. The Balaban J connectivity index is 1.79. The van der Waals surface area contributed by atoms with Crippen LogP contribution >= 0.6 is 0 Å². The lowest BCUT2D eigenvalue weighted by Crippen LogP contribution is -2.45. The zero-order valence-corrected chi connectivity index (χ0v) is 14.8. The molecule has 2 amide bonds. The maximum Gasteiger partial charge on any atom is 0.287 e. The molecule has 3 aromatic rings. The van der Waals surface area contributed by atoms with Gasteiger partial charge < -0.3 is 19.8 Å². The number of ether oxygens (including phenoxy) is 1. The number of hydrogen-bond donors (Lipinski definition) is 2. The van der Waals surface area contributed by atoms with Crippen LogP contribution in [-0.2, 0) is 11.2 Å². The molecule has 6 heteroatoms. The van der Waals surface area contributed by atoms with E-state index in [1.807, 2.05) is 36.4 Å². The quantitative estimate of drug-likeness (QED) is 0.674. The second kappa shape index (κ2) is 8.71. The fourth-order valence-corrected chi connectivity index (χ4v) is 2.66. The predicted molar refractivity (Wildman–Crippen MR) is 102 cm³/mol. The van der Waals surface area contributed by atoms with Crippen LogP contribution in [0.3, 0.4) is 0 Å². The first-order chi connectivity index (χ1) is 13.2. The van der Waals surface area contributed by atoms with Crippen LogP contribution in [0.4, 0.5) is 5.69 Å². The molecule has 0 unspecified atom stereocenters. The van der Waals surface area contributed by atoms with E-state index in [4.69, 9.17) is 9.15 Å². The summed E-state index contributed by atoms with van der Waals surface area (Å²) in [6.45, 7) is 0. The number of hydrogen-bond acceptors (Lipinski definition) is 4. The van der Waals surface area contributed by atoms with Crippen molar-refractivity contribution in [2.45, 2.75) is 12.5 Å². The van der Waals surface area contributed by atoms with E-state index < -0.39 is 11.9 Å². The molecule has 0 saturated heterocycles. The third-order valence-electron chi connectivity index (χ3n) is 4.01. The summed E-state index contributed by atoms with van der Waals surface area (Å²) >= 11 is 0. The molecule has 2 N–H and O–H groups in total. The van der Waals surface area contributed by atoms with Crippen LogP contribution in [0.15, 0.2) is 77.4 Å². The van der Waals surface area contributed by atoms with Crippen molar-refractivity contribution in [3.63, 3.8) is 0 Å². The van der Waals surface area contributed by atoms with Crippen molar-refractivity contribution in [2.75, 3.05) is 12.4 Å². The number of anilines is 1. The average molecular weight is 364 g/mol. The molecule has 0 spiro atoms. The van der Waals surface area contributed by atoms with E-state index in [0.717, 1.165) is 5.56 Å². The Hall–Kier alpha value is -3.54. The van der Waals surface area contributed by atoms with Gasteiger partial charge in [0.1, 0.15) is 11.8 Å². The number of para-hydroxylation sites is 2. The van der Waals surface area contributed by atoms with Gasteiger partial charge in [-0.15, -0.1) is 0 Å². The van der Waals surface area contributed by atoms with Gasteiger partial charge in [-0.05, 0) is 29.8 Å². The van der Waals surface area contributed by atoms with E-state index in [2.05, 4.69) is 10.6 Å². The number of amides is 2. The van der Waals surface area contributed by atoms with Gasteiger partial charge in [-0.25, -0.2) is 0 Å². The molecule has 1 atom stereocenters. The average Bonchev–Trinajstić information content (AvgIpc) is 3.23. The Morgan fingerprint density at radius 2 is 1.74 bits per heavy atom. The maximum absolute atomic E-state index is 12.9. The van der Waals surface area contributed by atoms with Crippen molar-refractivity contribution in [3.8, 4) is 5.75 Å². The predicted octanol–water partition coefficient (Wildman–Crippen LogP) is 3.27.